The number of halogens is 1. The number of carbonyl (C=O) groups excluding carboxylic acids is 1. The summed E-state index contributed by atoms with van der Waals surface area (Å²) in [4.78, 5) is 11.7. The lowest BCUT2D eigenvalue weighted by Crippen LogP contribution is -2.45. The Labute approximate surface area is 102 Å². The molecule has 1 aromatic rings. The minimum Gasteiger partial charge on any atom is -0.350 e. The summed E-state index contributed by atoms with van der Waals surface area (Å²) in [5.74, 6) is 0.418. The lowest BCUT2D eigenvalue weighted by atomic mass is 10.1. The van der Waals surface area contributed by atoms with Crippen LogP contribution in [0.25, 0.3) is 0 Å². The van der Waals surface area contributed by atoms with Crippen LogP contribution in [0.3, 0.4) is 0 Å². The third kappa shape index (κ3) is 4.23. The van der Waals surface area contributed by atoms with Crippen LogP contribution >= 0.6 is 11.6 Å². The van der Waals surface area contributed by atoms with Gasteiger partial charge in [0.1, 0.15) is 0 Å². The van der Waals surface area contributed by atoms with Crippen molar-refractivity contribution in [2.75, 3.05) is 5.88 Å². The molecule has 0 unspecified atom stereocenters. The molecule has 0 aromatic heterocycles. The van der Waals surface area contributed by atoms with Crippen molar-refractivity contribution in [2.45, 2.75) is 32.7 Å². The molecule has 0 radical (unpaired) electrons. The Kier molecular flexibility index (Phi) is 4.36. The van der Waals surface area contributed by atoms with E-state index in [1.54, 1.807) is 0 Å². The molecule has 0 fully saturated rings. The predicted molar refractivity (Wildman–Crippen MR) is 67.8 cm³/mol. The first kappa shape index (κ1) is 13.0. The highest BCUT2D eigenvalue weighted by atomic mass is 35.5. The summed E-state index contributed by atoms with van der Waals surface area (Å²) in [6, 6.07) is 7.97. The molecule has 2 nitrogen and oxygen atoms in total. The Morgan fingerprint density at radius 1 is 1.31 bits per heavy atom. The highest BCUT2D eigenvalue weighted by Gasteiger charge is 2.18. The van der Waals surface area contributed by atoms with Crippen LogP contribution in [0.1, 0.15) is 25.0 Å². The van der Waals surface area contributed by atoms with Gasteiger partial charge in [0.25, 0.3) is 0 Å². The van der Waals surface area contributed by atoms with Crippen molar-refractivity contribution in [3.05, 3.63) is 35.4 Å². The molecule has 0 heterocycles. The van der Waals surface area contributed by atoms with Gasteiger partial charge in [-0.15, -0.1) is 11.6 Å². The first-order valence-electron chi connectivity index (χ1n) is 5.35. The quantitative estimate of drug-likeness (QED) is 0.805. The summed E-state index contributed by atoms with van der Waals surface area (Å²) >= 11 is 5.75. The first-order chi connectivity index (χ1) is 7.43. The second kappa shape index (κ2) is 5.35. The fourth-order valence-corrected chi connectivity index (χ4v) is 1.41. The number of hydrogen-bond donors (Lipinski definition) is 1. The van der Waals surface area contributed by atoms with Gasteiger partial charge in [-0.3, -0.25) is 4.79 Å². The molecule has 1 amide bonds. The van der Waals surface area contributed by atoms with Crippen LogP contribution in [0.2, 0.25) is 0 Å². The molecule has 0 saturated carbocycles. The Bertz CT molecular complexity index is 357. The summed E-state index contributed by atoms with van der Waals surface area (Å²) in [6.07, 6.45) is 0.403. The molecule has 0 atom stereocenters. The Morgan fingerprint density at radius 3 is 2.38 bits per heavy atom. The summed E-state index contributed by atoms with van der Waals surface area (Å²) < 4.78 is 0. The van der Waals surface area contributed by atoms with Crippen LogP contribution < -0.4 is 5.32 Å². The van der Waals surface area contributed by atoms with Crippen LogP contribution in [-0.4, -0.2) is 17.3 Å². The van der Waals surface area contributed by atoms with Crippen molar-refractivity contribution in [2.24, 2.45) is 0 Å². The molecule has 0 bridgehead atoms. The van der Waals surface area contributed by atoms with E-state index in [0.717, 1.165) is 5.56 Å². The van der Waals surface area contributed by atoms with E-state index in [9.17, 15) is 4.79 Å². The molecular weight excluding hydrogens is 222 g/mol. The smallest absolute Gasteiger partial charge is 0.224 e. The van der Waals surface area contributed by atoms with Gasteiger partial charge >= 0.3 is 0 Å². The number of aryl methyl sites for hydroxylation is 1. The second-order valence-corrected chi connectivity index (χ2v) is 5.00. The van der Waals surface area contributed by atoms with Gasteiger partial charge in [0.05, 0.1) is 6.42 Å². The van der Waals surface area contributed by atoms with Gasteiger partial charge in [0.15, 0.2) is 0 Å². The molecule has 1 aromatic carbocycles. The van der Waals surface area contributed by atoms with E-state index in [1.165, 1.54) is 5.56 Å². The van der Waals surface area contributed by atoms with Crippen LogP contribution in [-0.2, 0) is 11.2 Å². The molecular formula is C13H18ClNO. The molecule has 0 aliphatic rings. The van der Waals surface area contributed by atoms with Crippen molar-refractivity contribution in [3.63, 3.8) is 0 Å². The van der Waals surface area contributed by atoms with E-state index < -0.39 is 0 Å². The number of benzene rings is 1. The third-order valence-electron chi connectivity index (χ3n) is 2.30. The minimum atomic E-state index is -0.344. The van der Waals surface area contributed by atoms with Crippen molar-refractivity contribution in [1.82, 2.24) is 5.32 Å². The van der Waals surface area contributed by atoms with Gasteiger partial charge in [-0.25, -0.2) is 0 Å². The fraction of sp³-hybridized carbons (Fsp3) is 0.462. The number of hydrogen-bond acceptors (Lipinski definition) is 1. The van der Waals surface area contributed by atoms with E-state index in [1.807, 2.05) is 45.0 Å². The number of amides is 1. The van der Waals surface area contributed by atoms with E-state index in [0.29, 0.717) is 12.3 Å². The topological polar surface area (TPSA) is 29.1 Å². The van der Waals surface area contributed by atoms with E-state index in [-0.39, 0.29) is 11.4 Å². The highest BCUT2D eigenvalue weighted by Crippen LogP contribution is 2.07. The molecule has 1 rings (SSSR count). The molecule has 0 spiro atoms. The normalized spacial score (nSPS) is 11.2. The SMILES string of the molecule is Cc1ccc(CC(=O)NC(C)(C)CCl)cc1. The standard InChI is InChI=1S/C13H18ClNO/c1-10-4-6-11(7-5-10)8-12(16)15-13(2,3)9-14/h4-7H,8-9H2,1-3H3,(H,15,16). The zero-order valence-electron chi connectivity index (χ0n) is 10.0. The van der Waals surface area contributed by atoms with Crippen molar-refractivity contribution in [3.8, 4) is 0 Å². The third-order valence-corrected chi connectivity index (χ3v) is 2.97. The fourth-order valence-electron chi connectivity index (χ4n) is 1.35. The molecule has 0 aliphatic carbocycles. The number of nitrogens with one attached hydrogen (secondary N) is 1. The van der Waals surface area contributed by atoms with Gasteiger partial charge in [-0.05, 0) is 26.3 Å². The summed E-state index contributed by atoms with van der Waals surface area (Å²) in [6.45, 7) is 5.85. The summed E-state index contributed by atoms with van der Waals surface area (Å²) in [7, 11) is 0. The maximum Gasteiger partial charge on any atom is 0.224 e. The number of rotatable bonds is 4. The molecule has 1 N–H and O–H groups in total. The van der Waals surface area contributed by atoms with Crippen molar-refractivity contribution in [1.29, 1.82) is 0 Å². The molecule has 0 saturated heterocycles. The lowest BCUT2D eigenvalue weighted by molar-refractivity contribution is -0.121. The van der Waals surface area contributed by atoms with Crippen molar-refractivity contribution >= 4 is 17.5 Å². The van der Waals surface area contributed by atoms with E-state index in [2.05, 4.69) is 5.32 Å². The second-order valence-electron chi connectivity index (χ2n) is 4.73. The molecule has 16 heavy (non-hydrogen) atoms. The minimum absolute atomic E-state index is 0.00880. The zero-order valence-corrected chi connectivity index (χ0v) is 10.8. The first-order valence-corrected chi connectivity index (χ1v) is 5.89. The maximum atomic E-state index is 11.7. The Hall–Kier alpha value is -1.02. The molecule has 0 aliphatic heterocycles. The van der Waals surface area contributed by atoms with Gasteiger partial charge in [-0.2, -0.15) is 0 Å². The zero-order chi connectivity index (χ0) is 12.2. The largest absolute Gasteiger partial charge is 0.350 e. The van der Waals surface area contributed by atoms with Gasteiger partial charge < -0.3 is 5.32 Å². The van der Waals surface area contributed by atoms with E-state index in [4.69, 9.17) is 11.6 Å². The van der Waals surface area contributed by atoms with E-state index >= 15 is 0 Å². The van der Waals surface area contributed by atoms with Crippen molar-refractivity contribution < 1.29 is 4.79 Å². The van der Waals surface area contributed by atoms with Crippen LogP contribution in [0.15, 0.2) is 24.3 Å². The Balaban J connectivity index is 2.55. The Morgan fingerprint density at radius 2 is 1.88 bits per heavy atom. The van der Waals surface area contributed by atoms with Crippen LogP contribution in [0, 0.1) is 6.92 Å². The average molecular weight is 240 g/mol. The number of carbonyl (C=O) groups is 1. The van der Waals surface area contributed by atoms with Gasteiger partial charge in [0.2, 0.25) is 5.91 Å². The van der Waals surface area contributed by atoms with Gasteiger partial charge in [-0.1, -0.05) is 29.8 Å². The number of alkyl halides is 1. The average Bonchev–Trinajstić information content (AvgIpc) is 2.21. The predicted octanol–water partition coefficient (Wildman–Crippen LogP) is 2.67. The molecule has 88 valence electrons. The summed E-state index contributed by atoms with van der Waals surface area (Å²) in [5, 5.41) is 2.90. The lowest BCUT2D eigenvalue weighted by Gasteiger charge is -2.23. The van der Waals surface area contributed by atoms with Gasteiger partial charge in [0, 0.05) is 11.4 Å². The summed E-state index contributed by atoms with van der Waals surface area (Å²) in [5.41, 5.74) is 1.88. The highest BCUT2D eigenvalue weighted by molar-refractivity contribution is 6.18. The maximum absolute atomic E-state index is 11.7. The van der Waals surface area contributed by atoms with Crippen LogP contribution in [0.4, 0.5) is 0 Å². The monoisotopic (exact) mass is 239 g/mol. The van der Waals surface area contributed by atoms with Crippen LogP contribution in [0.5, 0.6) is 0 Å². The molecule has 3 heteroatoms.